The van der Waals surface area contributed by atoms with Gasteiger partial charge in [0.15, 0.2) is 16.7 Å². The van der Waals surface area contributed by atoms with Gasteiger partial charge in [-0.25, -0.2) is 0 Å². The lowest BCUT2D eigenvalue weighted by molar-refractivity contribution is 0.102. The summed E-state index contributed by atoms with van der Waals surface area (Å²) in [5.74, 6) is 1.63. The smallest absolute Gasteiger partial charge is 0.200 e. The van der Waals surface area contributed by atoms with Gasteiger partial charge in [0.2, 0.25) is 5.82 Å². The molecule has 0 saturated heterocycles. The van der Waals surface area contributed by atoms with Crippen LogP contribution in [0.15, 0.2) is 52.2 Å². The zero-order valence-electron chi connectivity index (χ0n) is 14.1. The van der Waals surface area contributed by atoms with Gasteiger partial charge in [0.25, 0.3) is 0 Å². The Hall–Kier alpha value is -2.38. The van der Waals surface area contributed by atoms with Crippen LogP contribution in [-0.2, 0) is 11.3 Å². The van der Waals surface area contributed by atoms with Crippen LogP contribution in [0.4, 0.5) is 0 Å². The van der Waals surface area contributed by atoms with Crippen molar-refractivity contribution in [2.75, 3.05) is 19.5 Å². The third-order valence-electron chi connectivity index (χ3n) is 3.68. The normalized spacial score (nSPS) is 11.0. The number of aryl methyl sites for hydroxylation is 1. The number of benzene rings is 1. The number of nitrogens with zero attached hydrogens (tertiary/aromatic N) is 3. The maximum Gasteiger partial charge on any atom is 0.200 e. The Morgan fingerprint density at radius 1 is 1.24 bits per heavy atom. The molecule has 0 aliphatic carbocycles. The highest BCUT2D eigenvalue weighted by Crippen LogP contribution is 2.25. The molecule has 0 N–H and O–H groups in total. The van der Waals surface area contributed by atoms with E-state index in [1.165, 1.54) is 11.8 Å². The third-order valence-corrected chi connectivity index (χ3v) is 4.65. The summed E-state index contributed by atoms with van der Waals surface area (Å²) in [5, 5.41) is 9.09. The fourth-order valence-electron chi connectivity index (χ4n) is 2.32. The van der Waals surface area contributed by atoms with Crippen LogP contribution in [0.5, 0.6) is 0 Å². The number of thioether (sulfide) groups is 1. The maximum atomic E-state index is 12.4. The fraction of sp³-hybridized carbons (Fsp3) is 0.278. The predicted octanol–water partition coefficient (Wildman–Crippen LogP) is 3.47. The van der Waals surface area contributed by atoms with E-state index in [0.29, 0.717) is 41.2 Å². The second kappa shape index (κ2) is 8.13. The van der Waals surface area contributed by atoms with Gasteiger partial charge in [0.1, 0.15) is 0 Å². The monoisotopic (exact) mass is 357 g/mol. The van der Waals surface area contributed by atoms with E-state index in [4.69, 9.17) is 9.15 Å². The molecule has 25 heavy (non-hydrogen) atoms. The Balaban J connectivity index is 1.75. The topological polar surface area (TPSA) is 70.2 Å². The van der Waals surface area contributed by atoms with Crippen molar-refractivity contribution in [3.05, 3.63) is 53.8 Å². The largest absolute Gasteiger partial charge is 0.461 e. The minimum atomic E-state index is 0.0610. The van der Waals surface area contributed by atoms with Crippen molar-refractivity contribution in [1.29, 1.82) is 0 Å². The molecule has 0 amide bonds. The number of carbonyl (C=O) groups is 1. The predicted molar refractivity (Wildman–Crippen MR) is 95.8 cm³/mol. The van der Waals surface area contributed by atoms with Crippen molar-refractivity contribution in [3.63, 3.8) is 0 Å². The van der Waals surface area contributed by atoms with Crippen molar-refractivity contribution < 1.29 is 13.9 Å². The van der Waals surface area contributed by atoms with Crippen molar-refractivity contribution >= 4 is 17.5 Å². The maximum absolute atomic E-state index is 12.4. The number of ketones is 1. The highest BCUT2D eigenvalue weighted by atomic mass is 32.2. The van der Waals surface area contributed by atoms with Gasteiger partial charge < -0.3 is 9.15 Å². The fourth-order valence-corrected chi connectivity index (χ4v) is 3.18. The van der Waals surface area contributed by atoms with Gasteiger partial charge >= 0.3 is 0 Å². The second-order valence-corrected chi connectivity index (χ2v) is 6.45. The van der Waals surface area contributed by atoms with E-state index in [1.807, 2.05) is 41.8 Å². The van der Waals surface area contributed by atoms with E-state index in [2.05, 4.69) is 10.2 Å². The average Bonchev–Trinajstić information content (AvgIpc) is 3.27. The van der Waals surface area contributed by atoms with E-state index in [9.17, 15) is 4.79 Å². The number of rotatable bonds is 8. The van der Waals surface area contributed by atoms with E-state index < -0.39 is 0 Å². The summed E-state index contributed by atoms with van der Waals surface area (Å²) in [5.41, 5.74) is 1.83. The lowest BCUT2D eigenvalue weighted by Crippen LogP contribution is -2.09. The molecule has 6 nitrogen and oxygen atoms in total. The highest BCUT2D eigenvalue weighted by Gasteiger charge is 2.17. The molecule has 7 heteroatoms. The first-order chi connectivity index (χ1) is 12.2. The summed E-state index contributed by atoms with van der Waals surface area (Å²) >= 11 is 1.37. The summed E-state index contributed by atoms with van der Waals surface area (Å²) in [7, 11) is 1.64. The van der Waals surface area contributed by atoms with E-state index in [0.717, 1.165) is 5.56 Å². The Labute approximate surface area is 150 Å². The quantitative estimate of drug-likeness (QED) is 0.454. The van der Waals surface area contributed by atoms with E-state index >= 15 is 0 Å². The summed E-state index contributed by atoms with van der Waals surface area (Å²) in [6, 6.07) is 11.2. The third kappa shape index (κ3) is 4.18. The molecular weight excluding hydrogens is 338 g/mol. The number of carbonyl (C=O) groups excluding carboxylic acids is 1. The minimum absolute atomic E-state index is 0.0610. The number of methoxy groups -OCH3 is 1. The van der Waals surface area contributed by atoms with Crippen molar-refractivity contribution in [2.24, 2.45) is 0 Å². The van der Waals surface area contributed by atoms with Gasteiger partial charge in [-0.1, -0.05) is 41.6 Å². The summed E-state index contributed by atoms with van der Waals surface area (Å²) in [6.45, 7) is 3.10. The van der Waals surface area contributed by atoms with Crippen LogP contribution in [0.25, 0.3) is 11.6 Å². The zero-order chi connectivity index (χ0) is 17.6. The molecular formula is C18H19N3O3S. The van der Waals surface area contributed by atoms with Crippen LogP contribution < -0.4 is 0 Å². The van der Waals surface area contributed by atoms with Gasteiger partial charge in [-0.05, 0) is 19.1 Å². The number of Topliss-reactive ketones (excluding diaryl/α,β-unsaturated/α-hetero) is 1. The van der Waals surface area contributed by atoms with Gasteiger partial charge in [0, 0.05) is 12.7 Å². The Bertz CT molecular complexity index is 826. The number of hydrogen-bond donors (Lipinski definition) is 0. The first kappa shape index (κ1) is 17.4. The molecule has 0 fully saturated rings. The molecule has 0 aliphatic rings. The molecule has 2 aromatic heterocycles. The van der Waals surface area contributed by atoms with E-state index in [1.54, 1.807) is 19.4 Å². The molecule has 130 valence electrons. The molecule has 3 aromatic rings. The number of hydrogen-bond acceptors (Lipinski definition) is 6. The van der Waals surface area contributed by atoms with Crippen LogP contribution in [0.3, 0.4) is 0 Å². The number of ether oxygens (including phenoxy) is 1. The van der Waals surface area contributed by atoms with Gasteiger partial charge in [-0.2, -0.15) is 0 Å². The Morgan fingerprint density at radius 3 is 2.72 bits per heavy atom. The average molecular weight is 357 g/mol. The first-order valence-corrected chi connectivity index (χ1v) is 8.86. The summed E-state index contributed by atoms with van der Waals surface area (Å²) in [6.07, 6.45) is 1.60. The zero-order valence-corrected chi connectivity index (χ0v) is 15.0. The molecule has 0 bridgehead atoms. The SMILES string of the molecule is COCCn1c(SCC(=O)c2ccc(C)cc2)nnc1-c1ccco1. The molecule has 3 rings (SSSR count). The number of aromatic nitrogens is 3. The van der Waals surface area contributed by atoms with Crippen LogP contribution in [0.1, 0.15) is 15.9 Å². The Morgan fingerprint density at radius 2 is 2.04 bits per heavy atom. The molecule has 2 heterocycles. The minimum Gasteiger partial charge on any atom is -0.461 e. The molecule has 0 spiro atoms. The van der Waals surface area contributed by atoms with Crippen LogP contribution in [-0.4, -0.2) is 40.0 Å². The van der Waals surface area contributed by atoms with Gasteiger partial charge in [-0.3, -0.25) is 9.36 Å². The standard InChI is InChI=1S/C18H19N3O3S/c1-13-5-7-14(8-6-13)15(22)12-25-18-20-19-17(16-4-3-10-24-16)21(18)9-11-23-2/h3-8,10H,9,11-12H2,1-2H3. The van der Waals surface area contributed by atoms with Gasteiger partial charge in [0.05, 0.1) is 25.2 Å². The van der Waals surface area contributed by atoms with Crippen molar-refractivity contribution in [1.82, 2.24) is 14.8 Å². The lowest BCUT2D eigenvalue weighted by Gasteiger charge is -2.08. The first-order valence-electron chi connectivity index (χ1n) is 7.87. The van der Waals surface area contributed by atoms with Gasteiger partial charge in [-0.15, -0.1) is 10.2 Å². The molecule has 1 aromatic carbocycles. The highest BCUT2D eigenvalue weighted by molar-refractivity contribution is 7.99. The van der Waals surface area contributed by atoms with Crippen LogP contribution in [0, 0.1) is 6.92 Å². The molecule has 0 atom stereocenters. The summed E-state index contributed by atoms with van der Waals surface area (Å²) < 4.78 is 12.5. The van der Waals surface area contributed by atoms with Crippen molar-refractivity contribution in [3.8, 4) is 11.6 Å². The molecule has 0 saturated carbocycles. The Kier molecular flexibility index (Phi) is 5.67. The second-order valence-electron chi connectivity index (χ2n) is 5.51. The number of furan rings is 1. The van der Waals surface area contributed by atoms with E-state index in [-0.39, 0.29) is 5.78 Å². The summed E-state index contributed by atoms with van der Waals surface area (Å²) in [4.78, 5) is 12.4. The molecule has 0 unspecified atom stereocenters. The molecule has 0 aliphatic heterocycles. The lowest BCUT2D eigenvalue weighted by atomic mass is 10.1. The van der Waals surface area contributed by atoms with Crippen LogP contribution in [0.2, 0.25) is 0 Å². The van der Waals surface area contributed by atoms with Crippen LogP contribution >= 0.6 is 11.8 Å². The molecule has 0 radical (unpaired) electrons. The van der Waals surface area contributed by atoms with Crippen molar-refractivity contribution in [2.45, 2.75) is 18.6 Å².